The van der Waals surface area contributed by atoms with E-state index in [4.69, 9.17) is 0 Å². The zero-order valence-corrected chi connectivity index (χ0v) is 29.5. The van der Waals surface area contributed by atoms with E-state index in [1.54, 1.807) is 22.3 Å². The maximum absolute atomic E-state index is 3.05. The van der Waals surface area contributed by atoms with Crippen molar-refractivity contribution in [1.29, 1.82) is 0 Å². The van der Waals surface area contributed by atoms with Crippen molar-refractivity contribution in [2.75, 3.05) is 0 Å². The molecule has 0 amide bonds. The number of allylic oxidation sites excluding steroid dienone is 2. The first-order valence-corrected chi connectivity index (χ1v) is 26.7. The molecule has 1 aliphatic heterocycles. The Kier molecular flexibility index (Phi) is 6.19. The molecule has 0 N–H and O–H groups in total. The number of fused-ring (bicyclic) bond motifs is 6. The van der Waals surface area contributed by atoms with E-state index < -0.39 is 20.0 Å². The summed E-state index contributed by atoms with van der Waals surface area (Å²) >= 11 is -3.05. The average molecular weight is 701 g/mol. The van der Waals surface area contributed by atoms with E-state index in [0.29, 0.717) is 7.35 Å². The van der Waals surface area contributed by atoms with Crippen LogP contribution in [-0.2, 0) is 20.0 Å². The molecule has 2 aliphatic carbocycles. The molecule has 0 nitrogen and oxygen atoms in total. The molecule has 41 heavy (non-hydrogen) atoms. The maximum atomic E-state index is 2.76. The standard InChI is InChI=1S/C38H36.2CH3.Hf/c1-7-38(6,30-20-28-10-8-12-32(36(28)22-30)34-18-24(2)14-16-26(34)4)31-21-29-11-9-13-33(37(29)23-31)35-19-25(3)15-17-27(35)5;;;/h8-23H,7H2,1-6H3;2*1H3;. The molecule has 4 aromatic rings. The molecule has 1 saturated heterocycles. The first kappa shape index (κ1) is 27.1. The van der Waals surface area contributed by atoms with E-state index in [0.717, 1.165) is 6.42 Å². The summed E-state index contributed by atoms with van der Waals surface area (Å²) in [6.45, 7) is 14.0. The normalized spacial score (nSPS) is 23.3. The van der Waals surface area contributed by atoms with Crippen LogP contribution in [0.3, 0.4) is 0 Å². The number of hydrogen-bond acceptors (Lipinski definition) is 0. The van der Waals surface area contributed by atoms with Crippen LogP contribution in [0.2, 0.25) is 9.36 Å². The Morgan fingerprint density at radius 3 is 1.46 bits per heavy atom. The van der Waals surface area contributed by atoms with E-state index in [1.165, 1.54) is 55.6 Å². The van der Waals surface area contributed by atoms with Gasteiger partial charge in [-0.15, -0.1) is 0 Å². The first-order valence-electron chi connectivity index (χ1n) is 15.4. The van der Waals surface area contributed by atoms with Gasteiger partial charge in [0.25, 0.3) is 0 Å². The summed E-state index contributed by atoms with van der Waals surface area (Å²) < 4.78 is 6.76. The van der Waals surface area contributed by atoms with Crippen molar-refractivity contribution in [1.82, 2.24) is 0 Å². The van der Waals surface area contributed by atoms with Crippen LogP contribution in [0.25, 0.3) is 34.4 Å². The van der Waals surface area contributed by atoms with E-state index >= 15 is 0 Å². The molecule has 0 saturated carbocycles. The molecular weight excluding hydrogens is 659 g/mol. The molecule has 7 rings (SSSR count). The van der Waals surface area contributed by atoms with Crippen molar-refractivity contribution in [2.24, 2.45) is 5.41 Å². The molecule has 0 bridgehead atoms. The van der Waals surface area contributed by atoms with Gasteiger partial charge < -0.3 is 0 Å². The Balaban J connectivity index is 1.46. The Morgan fingerprint density at radius 2 is 1.05 bits per heavy atom. The SMILES string of the molecule is CCC1(C)C2=Cc3c(-c4cc(C)ccc4C)cccc3[CH]2[Hf]([CH3])([CH3])[CH]2C1=Cc1c(-c3cc(C)ccc3C)cccc12. The fraction of sp³-hybridized carbons (Fsp3) is 0.300. The minimum absolute atomic E-state index is 0.0702. The van der Waals surface area contributed by atoms with Gasteiger partial charge in [0, 0.05) is 0 Å². The summed E-state index contributed by atoms with van der Waals surface area (Å²) in [4.78, 5) is 0. The van der Waals surface area contributed by atoms with Gasteiger partial charge in [0.1, 0.15) is 0 Å². The average Bonchev–Trinajstić information content (AvgIpc) is 3.56. The van der Waals surface area contributed by atoms with Gasteiger partial charge in [-0.2, -0.15) is 0 Å². The molecule has 0 spiro atoms. The van der Waals surface area contributed by atoms with Crippen molar-refractivity contribution in [3.8, 4) is 22.3 Å². The Hall–Kier alpha value is -2.77. The molecule has 4 aromatic carbocycles. The summed E-state index contributed by atoms with van der Waals surface area (Å²) in [5.41, 5.74) is 20.8. The number of aryl methyl sites for hydroxylation is 4. The third kappa shape index (κ3) is 3.80. The second-order valence-electron chi connectivity index (χ2n) is 13.8. The van der Waals surface area contributed by atoms with Crippen LogP contribution in [0.4, 0.5) is 0 Å². The zero-order valence-electron chi connectivity index (χ0n) is 25.9. The van der Waals surface area contributed by atoms with Gasteiger partial charge in [-0.05, 0) is 0 Å². The third-order valence-electron chi connectivity index (χ3n) is 11.0. The van der Waals surface area contributed by atoms with Crippen LogP contribution in [0.5, 0.6) is 0 Å². The van der Waals surface area contributed by atoms with Crippen LogP contribution in [-0.4, -0.2) is 0 Å². The predicted octanol–water partition coefficient (Wildman–Crippen LogP) is 11.5. The van der Waals surface area contributed by atoms with Gasteiger partial charge in [0.2, 0.25) is 0 Å². The number of rotatable bonds is 3. The Labute approximate surface area is 251 Å². The van der Waals surface area contributed by atoms with Crippen molar-refractivity contribution in [3.63, 3.8) is 0 Å². The Bertz CT molecular complexity index is 1680. The summed E-state index contributed by atoms with van der Waals surface area (Å²) in [5, 5.41) is 0. The monoisotopic (exact) mass is 702 g/mol. The molecule has 1 fully saturated rings. The zero-order chi connectivity index (χ0) is 28.8. The fourth-order valence-electron chi connectivity index (χ4n) is 8.63. The quantitative estimate of drug-likeness (QED) is 0.187. The van der Waals surface area contributed by atoms with Gasteiger partial charge in [-0.3, -0.25) is 0 Å². The number of benzene rings is 4. The fourth-order valence-corrected chi connectivity index (χ4v) is 26.0. The van der Waals surface area contributed by atoms with Crippen LogP contribution < -0.4 is 0 Å². The van der Waals surface area contributed by atoms with Crippen molar-refractivity contribution < 1.29 is 20.0 Å². The van der Waals surface area contributed by atoms with Gasteiger partial charge in [0.05, 0.1) is 0 Å². The summed E-state index contributed by atoms with van der Waals surface area (Å²) in [6.07, 6.45) is 6.46. The topological polar surface area (TPSA) is 0 Å². The third-order valence-corrected chi connectivity index (χ3v) is 26.1. The molecule has 3 aliphatic rings. The molecule has 1 heterocycles. The summed E-state index contributed by atoms with van der Waals surface area (Å²) in [7, 11) is 0. The molecule has 1 heteroatoms. The Morgan fingerprint density at radius 1 is 0.610 bits per heavy atom. The van der Waals surface area contributed by atoms with Crippen molar-refractivity contribution in [3.05, 3.63) is 128 Å². The summed E-state index contributed by atoms with van der Waals surface area (Å²) in [5.74, 6) is 0. The van der Waals surface area contributed by atoms with Gasteiger partial charge >= 0.3 is 253 Å². The van der Waals surface area contributed by atoms with Crippen LogP contribution in [0.1, 0.15) is 72.1 Å². The first-order chi connectivity index (χ1) is 19.6. The van der Waals surface area contributed by atoms with E-state index in [-0.39, 0.29) is 5.41 Å². The van der Waals surface area contributed by atoms with Crippen LogP contribution >= 0.6 is 0 Å². The van der Waals surface area contributed by atoms with E-state index in [9.17, 15) is 0 Å². The second kappa shape index (κ2) is 9.37. The van der Waals surface area contributed by atoms with Crippen LogP contribution in [0, 0.1) is 33.1 Å². The van der Waals surface area contributed by atoms with Crippen LogP contribution in [0.15, 0.2) is 83.9 Å². The van der Waals surface area contributed by atoms with E-state index in [1.807, 2.05) is 0 Å². The van der Waals surface area contributed by atoms with E-state index in [2.05, 4.69) is 136 Å². The molecular formula is C40H42Hf. The number of hydrogen-bond donors (Lipinski definition) is 0. The van der Waals surface area contributed by atoms with Crippen molar-refractivity contribution in [2.45, 2.75) is 64.7 Å². The van der Waals surface area contributed by atoms with Gasteiger partial charge in [0.15, 0.2) is 0 Å². The second-order valence-corrected chi connectivity index (χ2v) is 31.1. The minimum atomic E-state index is -3.05. The molecule has 0 aromatic heterocycles. The van der Waals surface area contributed by atoms with Gasteiger partial charge in [-0.25, -0.2) is 0 Å². The summed E-state index contributed by atoms with van der Waals surface area (Å²) in [6, 6.07) is 28.2. The van der Waals surface area contributed by atoms with Gasteiger partial charge in [-0.1, -0.05) is 0 Å². The van der Waals surface area contributed by atoms with Crippen molar-refractivity contribution >= 4 is 12.2 Å². The molecule has 0 radical (unpaired) electrons. The molecule has 206 valence electrons. The predicted molar refractivity (Wildman–Crippen MR) is 174 cm³/mol. The molecule has 2 atom stereocenters. The molecule has 2 unspecified atom stereocenters.